The Hall–Kier alpha value is -1.95. The molecule has 1 aliphatic rings. The molecule has 2 rings (SSSR count). The van der Waals surface area contributed by atoms with Crippen LogP contribution in [0, 0.1) is 0 Å². The molecule has 0 radical (unpaired) electrons. The minimum absolute atomic E-state index is 0.397. The summed E-state index contributed by atoms with van der Waals surface area (Å²) in [5.74, 6) is 0.784. The van der Waals surface area contributed by atoms with E-state index in [1.807, 2.05) is 45.0 Å². The van der Waals surface area contributed by atoms with Gasteiger partial charge < -0.3 is 25.4 Å². The molecule has 1 atom stereocenters. The predicted molar refractivity (Wildman–Crippen MR) is 91.1 cm³/mol. The first-order chi connectivity index (χ1) is 10.9. The molecule has 0 aromatic heterocycles. The third-order valence-electron chi connectivity index (χ3n) is 3.30. The molecule has 0 aliphatic carbocycles. The van der Waals surface area contributed by atoms with Gasteiger partial charge in [-0.3, -0.25) is 0 Å². The van der Waals surface area contributed by atoms with Gasteiger partial charge >= 0.3 is 6.09 Å². The van der Waals surface area contributed by atoms with Crippen molar-refractivity contribution in [1.82, 2.24) is 10.6 Å². The summed E-state index contributed by atoms with van der Waals surface area (Å²) in [7, 11) is 0. The molecule has 1 heterocycles. The summed E-state index contributed by atoms with van der Waals surface area (Å²) < 4.78 is 10.8. The highest BCUT2D eigenvalue weighted by atomic mass is 16.6. The van der Waals surface area contributed by atoms with Crippen molar-refractivity contribution in [1.29, 1.82) is 0 Å². The first-order valence-corrected chi connectivity index (χ1v) is 8.09. The molecular formula is C17H27N3O3. The van der Waals surface area contributed by atoms with Crippen LogP contribution in [0.2, 0.25) is 0 Å². The molecular weight excluding hydrogens is 294 g/mol. The summed E-state index contributed by atoms with van der Waals surface area (Å²) in [6.45, 7) is 8.35. The molecule has 23 heavy (non-hydrogen) atoms. The van der Waals surface area contributed by atoms with Gasteiger partial charge in [-0.15, -0.1) is 0 Å². The van der Waals surface area contributed by atoms with E-state index in [-0.39, 0.29) is 0 Å². The van der Waals surface area contributed by atoms with Crippen LogP contribution in [0.3, 0.4) is 0 Å². The lowest BCUT2D eigenvalue weighted by molar-refractivity contribution is 0.0520. The zero-order chi connectivity index (χ0) is 16.7. The molecule has 1 unspecified atom stereocenters. The van der Waals surface area contributed by atoms with Crippen LogP contribution in [0.1, 0.15) is 27.2 Å². The second-order valence-electron chi connectivity index (χ2n) is 6.64. The van der Waals surface area contributed by atoms with E-state index in [2.05, 4.69) is 16.0 Å². The predicted octanol–water partition coefficient (Wildman–Crippen LogP) is 2.36. The first-order valence-electron chi connectivity index (χ1n) is 8.09. The van der Waals surface area contributed by atoms with Crippen molar-refractivity contribution >= 4 is 11.8 Å². The first kappa shape index (κ1) is 17.4. The Balaban J connectivity index is 1.70. The average molecular weight is 321 g/mol. The highest BCUT2D eigenvalue weighted by molar-refractivity contribution is 5.67. The highest BCUT2D eigenvalue weighted by Gasteiger charge is 2.15. The molecule has 1 aliphatic heterocycles. The van der Waals surface area contributed by atoms with E-state index in [4.69, 9.17) is 9.47 Å². The van der Waals surface area contributed by atoms with E-state index in [9.17, 15) is 4.79 Å². The monoisotopic (exact) mass is 321 g/mol. The summed E-state index contributed by atoms with van der Waals surface area (Å²) in [6, 6.07) is 8.35. The lowest BCUT2D eigenvalue weighted by Gasteiger charge is -2.19. The molecule has 1 fully saturated rings. The number of hydrogen-bond acceptors (Lipinski definition) is 5. The molecule has 1 aromatic carbocycles. The van der Waals surface area contributed by atoms with Crippen molar-refractivity contribution in [3.05, 3.63) is 24.3 Å². The maximum atomic E-state index is 11.5. The van der Waals surface area contributed by atoms with Crippen LogP contribution < -0.4 is 20.7 Å². The normalized spacial score (nSPS) is 17.6. The molecule has 1 aromatic rings. The van der Waals surface area contributed by atoms with Gasteiger partial charge in [0, 0.05) is 24.3 Å². The van der Waals surface area contributed by atoms with Crippen LogP contribution in [-0.2, 0) is 4.74 Å². The lowest BCUT2D eigenvalue weighted by Crippen LogP contribution is -2.34. The van der Waals surface area contributed by atoms with Crippen LogP contribution in [0.4, 0.5) is 10.5 Å². The van der Waals surface area contributed by atoms with Crippen molar-refractivity contribution in [2.24, 2.45) is 0 Å². The van der Waals surface area contributed by atoms with Crippen LogP contribution >= 0.6 is 0 Å². The third-order valence-corrected chi connectivity index (χ3v) is 3.30. The van der Waals surface area contributed by atoms with Gasteiger partial charge in [0.05, 0.1) is 6.54 Å². The second-order valence-corrected chi connectivity index (χ2v) is 6.64. The summed E-state index contributed by atoms with van der Waals surface area (Å²) in [5, 5.41) is 9.49. The van der Waals surface area contributed by atoms with E-state index >= 15 is 0 Å². The number of alkyl carbamates (subject to hydrolysis) is 1. The quantitative estimate of drug-likeness (QED) is 0.702. The minimum Gasteiger partial charge on any atom is -0.492 e. The Labute approximate surface area is 137 Å². The molecule has 0 saturated carbocycles. The Kier molecular flexibility index (Phi) is 6.10. The molecule has 3 N–H and O–H groups in total. The zero-order valence-electron chi connectivity index (χ0n) is 14.1. The van der Waals surface area contributed by atoms with Gasteiger partial charge in [0.2, 0.25) is 0 Å². The van der Waals surface area contributed by atoms with Gasteiger partial charge in [-0.25, -0.2) is 4.79 Å². The summed E-state index contributed by atoms with van der Waals surface area (Å²) in [5.41, 5.74) is 0.566. The van der Waals surface area contributed by atoms with Crippen molar-refractivity contribution in [3.8, 4) is 5.75 Å². The molecule has 6 nitrogen and oxygen atoms in total. The van der Waals surface area contributed by atoms with Crippen molar-refractivity contribution in [2.45, 2.75) is 38.8 Å². The van der Waals surface area contributed by atoms with Crippen molar-refractivity contribution in [3.63, 3.8) is 0 Å². The van der Waals surface area contributed by atoms with Gasteiger partial charge in [-0.2, -0.15) is 0 Å². The molecule has 1 saturated heterocycles. The maximum Gasteiger partial charge on any atom is 0.407 e. The van der Waals surface area contributed by atoms with Crippen molar-refractivity contribution in [2.75, 3.05) is 31.6 Å². The Morgan fingerprint density at radius 2 is 2.22 bits per heavy atom. The highest BCUT2D eigenvalue weighted by Crippen LogP contribution is 2.19. The van der Waals surface area contributed by atoms with Crippen LogP contribution in [0.15, 0.2) is 24.3 Å². The molecule has 1 amide bonds. The molecule has 0 spiro atoms. The third kappa shape index (κ3) is 6.78. The van der Waals surface area contributed by atoms with Gasteiger partial charge in [0.25, 0.3) is 0 Å². The standard InChI is InChI=1S/C17H27N3O3/c1-17(2,3)23-16(21)19-9-10-22-15-6-4-5-13(11-15)20-14-7-8-18-12-14/h4-6,11,14,18,20H,7-10,12H2,1-3H3,(H,19,21). The fourth-order valence-corrected chi connectivity index (χ4v) is 2.33. The van der Waals surface area contributed by atoms with Gasteiger partial charge in [-0.05, 0) is 45.9 Å². The number of carbonyl (C=O) groups is 1. The number of anilines is 1. The van der Waals surface area contributed by atoms with Gasteiger partial charge in [0.15, 0.2) is 0 Å². The largest absolute Gasteiger partial charge is 0.492 e. The lowest BCUT2D eigenvalue weighted by atomic mass is 10.2. The smallest absolute Gasteiger partial charge is 0.407 e. The Morgan fingerprint density at radius 1 is 1.39 bits per heavy atom. The van der Waals surface area contributed by atoms with Gasteiger partial charge in [0.1, 0.15) is 18.0 Å². The van der Waals surface area contributed by atoms with E-state index in [0.29, 0.717) is 19.2 Å². The van der Waals surface area contributed by atoms with Crippen molar-refractivity contribution < 1.29 is 14.3 Å². The van der Waals surface area contributed by atoms with Crippen LogP contribution in [0.5, 0.6) is 5.75 Å². The zero-order valence-corrected chi connectivity index (χ0v) is 14.1. The van der Waals surface area contributed by atoms with E-state index in [0.717, 1.165) is 30.9 Å². The average Bonchev–Trinajstić information content (AvgIpc) is 2.95. The summed E-state index contributed by atoms with van der Waals surface area (Å²) in [6.07, 6.45) is 0.704. The van der Waals surface area contributed by atoms with Gasteiger partial charge in [-0.1, -0.05) is 6.07 Å². The summed E-state index contributed by atoms with van der Waals surface area (Å²) in [4.78, 5) is 11.5. The Morgan fingerprint density at radius 3 is 2.91 bits per heavy atom. The number of benzene rings is 1. The SMILES string of the molecule is CC(C)(C)OC(=O)NCCOc1cccc(NC2CCNC2)c1. The number of carbonyl (C=O) groups excluding carboxylic acids is 1. The fraction of sp³-hybridized carbons (Fsp3) is 0.588. The number of ether oxygens (including phenoxy) is 2. The number of nitrogens with one attached hydrogen (secondary N) is 3. The van der Waals surface area contributed by atoms with E-state index in [1.165, 1.54) is 0 Å². The van der Waals surface area contributed by atoms with Crippen LogP contribution in [0.25, 0.3) is 0 Å². The van der Waals surface area contributed by atoms with E-state index < -0.39 is 11.7 Å². The summed E-state index contributed by atoms with van der Waals surface area (Å²) >= 11 is 0. The van der Waals surface area contributed by atoms with Crippen LogP contribution in [-0.4, -0.2) is 44.0 Å². The minimum atomic E-state index is -0.486. The Bertz CT molecular complexity index is 508. The second kappa shape index (κ2) is 8.06. The number of rotatable bonds is 6. The molecule has 6 heteroatoms. The fourth-order valence-electron chi connectivity index (χ4n) is 2.33. The molecule has 0 bridgehead atoms. The number of hydrogen-bond donors (Lipinski definition) is 3. The maximum absolute atomic E-state index is 11.5. The van der Waals surface area contributed by atoms with E-state index in [1.54, 1.807) is 0 Å². The number of amides is 1. The molecule has 128 valence electrons. The topological polar surface area (TPSA) is 71.6 Å².